The number of hydrogen-bond donors (Lipinski definition) is 2. The van der Waals surface area contributed by atoms with E-state index in [2.05, 4.69) is 5.32 Å². The SMILES string of the molecule is CCN1C(=S)NC(c2ccccc2)=C(C(=O)O)C1c1ccc([N+](=O)[O-])cc1. The van der Waals surface area contributed by atoms with Crippen molar-refractivity contribution in [3.05, 3.63) is 81.4 Å². The molecule has 0 saturated heterocycles. The third-order valence-corrected chi connectivity index (χ3v) is 4.74. The van der Waals surface area contributed by atoms with Crippen LogP contribution >= 0.6 is 12.2 Å². The average Bonchev–Trinajstić information content (AvgIpc) is 2.67. The van der Waals surface area contributed by atoms with Crippen LogP contribution in [0, 0.1) is 10.1 Å². The highest BCUT2D eigenvalue weighted by Gasteiger charge is 2.37. The maximum atomic E-state index is 12.2. The van der Waals surface area contributed by atoms with Crippen molar-refractivity contribution >= 4 is 34.7 Å². The highest BCUT2D eigenvalue weighted by molar-refractivity contribution is 7.80. The molecular weight excluding hydrogens is 366 g/mol. The maximum Gasteiger partial charge on any atom is 0.336 e. The summed E-state index contributed by atoms with van der Waals surface area (Å²) in [5.74, 6) is -1.08. The number of hydrogen-bond acceptors (Lipinski definition) is 4. The number of nitro benzene ring substituents is 1. The van der Waals surface area contributed by atoms with Gasteiger partial charge in [0.15, 0.2) is 5.11 Å². The van der Waals surface area contributed by atoms with E-state index in [-0.39, 0.29) is 11.3 Å². The first kappa shape index (κ1) is 18.5. The van der Waals surface area contributed by atoms with Gasteiger partial charge in [-0.1, -0.05) is 30.3 Å². The lowest BCUT2D eigenvalue weighted by Gasteiger charge is -2.39. The van der Waals surface area contributed by atoms with Crippen LogP contribution in [0.1, 0.15) is 24.1 Å². The van der Waals surface area contributed by atoms with Crippen molar-refractivity contribution in [2.45, 2.75) is 13.0 Å². The fourth-order valence-electron chi connectivity index (χ4n) is 3.16. The molecule has 138 valence electrons. The van der Waals surface area contributed by atoms with Crippen LogP contribution in [0.15, 0.2) is 60.2 Å². The van der Waals surface area contributed by atoms with Gasteiger partial charge in [-0.15, -0.1) is 0 Å². The number of carbonyl (C=O) groups is 1. The number of carboxylic acid groups (broad SMARTS) is 1. The Hall–Kier alpha value is -3.26. The second kappa shape index (κ2) is 7.55. The van der Waals surface area contributed by atoms with E-state index in [0.29, 0.717) is 28.5 Å². The van der Waals surface area contributed by atoms with Crippen molar-refractivity contribution in [3.63, 3.8) is 0 Å². The van der Waals surface area contributed by atoms with Gasteiger partial charge >= 0.3 is 5.97 Å². The van der Waals surface area contributed by atoms with Crippen LogP contribution < -0.4 is 5.32 Å². The van der Waals surface area contributed by atoms with E-state index >= 15 is 0 Å². The molecule has 0 saturated carbocycles. The van der Waals surface area contributed by atoms with E-state index in [4.69, 9.17) is 12.2 Å². The third-order valence-electron chi connectivity index (χ3n) is 4.40. The van der Waals surface area contributed by atoms with Crippen LogP contribution in [0.3, 0.4) is 0 Å². The molecule has 1 aliphatic heterocycles. The van der Waals surface area contributed by atoms with Gasteiger partial charge in [0.2, 0.25) is 0 Å². The smallest absolute Gasteiger partial charge is 0.336 e. The molecule has 0 spiro atoms. The number of likely N-dealkylation sites (N-methyl/N-ethyl adjacent to an activating group) is 1. The Labute approximate surface area is 161 Å². The molecule has 0 aliphatic carbocycles. The van der Waals surface area contributed by atoms with Gasteiger partial charge in [-0.3, -0.25) is 10.1 Å². The quantitative estimate of drug-likeness (QED) is 0.464. The van der Waals surface area contributed by atoms with E-state index in [1.165, 1.54) is 12.1 Å². The minimum Gasteiger partial charge on any atom is -0.478 e. The maximum absolute atomic E-state index is 12.2. The monoisotopic (exact) mass is 383 g/mol. The van der Waals surface area contributed by atoms with Crippen LogP contribution in [0.25, 0.3) is 5.70 Å². The lowest BCUT2D eigenvalue weighted by atomic mass is 9.91. The van der Waals surface area contributed by atoms with E-state index in [1.807, 2.05) is 37.3 Å². The molecule has 0 amide bonds. The molecule has 0 radical (unpaired) electrons. The molecule has 3 rings (SSSR count). The first-order valence-electron chi connectivity index (χ1n) is 8.29. The normalized spacial score (nSPS) is 16.9. The number of nitrogens with zero attached hydrogens (tertiary/aromatic N) is 2. The molecule has 0 bridgehead atoms. The first-order chi connectivity index (χ1) is 12.9. The predicted molar refractivity (Wildman–Crippen MR) is 105 cm³/mol. The predicted octanol–water partition coefficient (Wildman–Crippen LogP) is 3.34. The van der Waals surface area contributed by atoms with Gasteiger partial charge < -0.3 is 15.3 Å². The number of nitro groups is 1. The van der Waals surface area contributed by atoms with Gasteiger partial charge in [-0.25, -0.2) is 4.79 Å². The van der Waals surface area contributed by atoms with Crippen LogP contribution in [0.5, 0.6) is 0 Å². The summed E-state index contributed by atoms with van der Waals surface area (Å²) in [6, 6.07) is 14.3. The zero-order valence-electron chi connectivity index (χ0n) is 14.5. The molecule has 0 fully saturated rings. The lowest BCUT2D eigenvalue weighted by molar-refractivity contribution is -0.384. The highest BCUT2D eigenvalue weighted by atomic mass is 32.1. The molecule has 7 nitrogen and oxygen atoms in total. The number of non-ortho nitro benzene ring substituents is 1. The molecule has 2 N–H and O–H groups in total. The molecule has 8 heteroatoms. The van der Waals surface area contributed by atoms with Crippen molar-refractivity contribution in [1.82, 2.24) is 10.2 Å². The fourth-order valence-corrected chi connectivity index (χ4v) is 3.50. The van der Waals surface area contributed by atoms with Crippen molar-refractivity contribution in [1.29, 1.82) is 0 Å². The topological polar surface area (TPSA) is 95.7 Å². The van der Waals surface area contributed by atoms with E-state index in [0.717, 1.165) is 0 Å². The van der Waals surface area contributed by atoms with Crippen LogP contribution in [-0.2, 0) is 4.79 Å². The number of nitrogens with one attached hydrogen (secondary N) is 1. The molecule has 1 unspecified atom stereocenters. The molecular formula is C19H17N3O4S. The van der Waals surface area contributed by atoms with E-state index in [9.17, 15) is 20.0 Å². The molecule has 2 aromatic rings. The Morgan fingerprint density at radius 3 is 2.37 bits per heavy atom. The lowest BCUT2D eigenvalue weighted by Crippen LogP contribution is -2.48. The standard InChI is InChI=1S/C19H17N3O4S/c1-2-21-17(13-8-10-14(11-9-13)22(25)26)15(18(23)24)16(20-19(21)27)12-6-4-3-5-7-12/h3-11,17H,2H2,1H3,(H,20,27)(H,23,24). The van der Waals surface area contributed by atoms with Gasteiger partial charge in [0.05, 0.1) is 22.2 Å². The zero-order valence-corrected chi connectivity index (χ0v) is 15.3. The minimum atomic E-state index is -1.08. The Kier molecular flexibility index (Phi) is 5.18. The van der Waals surface area contributed by atoms with E-state index in [1.54, 1.807) is 17.0 Å². The van der Waals surface area contributed by atoms with Gasteiger partial charge in [0.25, 0.3) is 5.69 Å². The van der Waals surface area contributed by atoms with E-state index < -0.39 is 16.9 Å². The Morgan fingerprint density at radius 1 is 1.22 bits per heavy atom. The summed E-state index contributed by atoms with van der Waals surface area (Å²) in [6.07, 6.45) is 0. The summed E-state index contributed by atoms with van der Waals surface area (Å²) in [6.45, 7) is 2.35. The zero-order chi connectivity index (χ0) is 19.6. The van der Waals surface area contributed by atoms with Gasteiger partial charge in [0, 0.05) is 18.7 Å². The van der Waals surface area contributed by atoms with Crippen LogP contribution in [0.4, 0.5) is 5.69 Å². The Morgan fingerprint density at radius 2 is 1.85 bits per heavy atom. The summed E-state index contributed by atoms with van der Waals surface area (Å²) in [5, 5.41) is 24.3. The number of aliphatic carboxylic acids is 1. The highest BCUT2D eigenvalue weighted by Crippen LogP contribution is 2.37. The van der Waals surface area contributed by atoms with Gasteiger partial charge in [0.1, 0.15) is 0 Å². The summed E-state index contributed by atoms with van der Waals surface area (Å²) in [5.41, 5.74) is 1.85. The second-order valence-corrected chi connectivity index (χ2v) is 6.31. The molecule has 1 aliphatic rings. The summed E-state index contributed by atoms with van der Waals surface area (Å²) in [7, 11) is 0. The van der Waals surface area contributed by atoms with Crippen molar-refractivity contribution in [2.75, 3.05) is 6.54 Å². The first-order valence-corrected chi connectivity index (χ1v) is 8.69. The average molecular weight is 383 g/mol. The summed E-state index contributed by atoms with van der Waals surface area (Å²) < 4.78 is 0. The number of thiocarbonyl (C=S) groups is 1. The summed E-state index contributed by atoms with van der Waals surface area (Å²) in [4.78, 5) is 24.4. The Balaban J connectivity index is 2.20. The van der Waals surface area contributed by atoms with Crippen molar-refractivity contribution < 1.29 is 14.8 Å². The van der Waals surface area contributed by atoms with Crippen molar-refractivity contribution in [2.24, 2.45) is 0 Å². The number of rotatable bonds is 5. The minimum absolute atomic E-state index is 0.0533. The second-order valence-electron chi connectivity index (χ2n) is 5.93. The van der Waals surface area contributed by atoms with Gasteiger partial charge in [-0.05, 0) is 42.4 Å². The Bertz CT molecular complexity index is 926. The fraction of sp³-hybridized carbons (Fsp3) is 0.158. The molecule has 2 aromatic carbocycles. The number of carboxylic acids is 1. The van der Waals surface area contributed by atoms with Crippen LogP contribution in [0.2, 0.25) is 0 Å². The molecule has 27 heavy (non-hydrogen) atoms. The third kappa shape index (κ3) is 3.52. The van der Waals surface area contributed by atoms with Gasteiger partial charge in [-0.2, -0.15) is 0 Å². The van der Waals surface area contributed by atoms with Crippen LogP contribution in [-0.4, -0.2) is 32.6 Å². The van der Waals surface area contributed by atoms with Crippen molar-refractivity contribution in [3.8, 4) is 0 Å². The molecule has 1 atom stereocenters. The largest absolute Gasteiger partial charge is 0.478 e. The number of benzene rings is 2. The molecule has 1 heterocycles. The summed E-state index contributed by atoms with van der Waals surface area (Å²) >= 11 is 5.47. The molecule has 0 aromatic heterocycles.